The van der Waals surface area contributed by atoms with Gasteiger partial charge in [-0.1, -0.05) is 18.2 Å². The van der Waals surface area contributed by atoms with Gasteiger partial charge in [0.2, 0.25) is 0 Å². The Hall–Kier alpha value is -2.86. The van der Waals surface area contributed by atoms with E-state index in [9.17, 15) is 5.11 Å². The molecule has 1 aliphatic carbocycles. The summed E-state index contributed by atoms with van der Waals surface area (Å²) in [6, 6.07) is 14.2. The van der Waals surface area contributed by atoms with E-state index in [0.29, 0.717) is 11.5 Å². The molecule has 0 unspecified atom stereocenters. The number of aliphatic hydroxyl groups is 1. The van der Waals surface area contributed by atoms with Gasteiger partial charge in [0, 0.05) is 23.9 Å². The Bertz CT molecular complexity index is 940. The number of rotatable bonds is 5. The van der Waals surface area contributed by atoms with E-state index in [1.54, 1.807) is 14.2 Å². The van der Waals surface area contributed by atoms with Crippen molar-refractivity contribution < 1.29 is 14.6 Å². The second-order valence-corrected chi connectivity index (χ2v) is 7.09. The van der Waals surface area contributed by atoms with Crippen molar-refractivity contribution >= 4 is 22.5 Å². The van der Waals surface area contributed by atoms with E-state index in [1.807, 2.05) is 36.5 Å². The molecule has 0 atom stereocenters. The van der Waals surface area contributed by atoms with E-state index in [1.165, 1.54) is 0 Å². The van der Waals surface area contributed by atoms with Gasteiger partial charge in [-0.2, -0.15) is 0 Å². The molecular formula is C22H25N3O3. The molecule has 1 aromatic heterocycles. The summed E-state index contributed by atoms with van der Waals surface area (Å²) in [5, 5.41) is 9.93. The van der Waals surface area contributed by atoms with Gasteiger partial charge in [-0.05, 0) is 37.8 Å². The predicted molar refractivity (Wildman–Crippen MR) is 109 cm³/mol. The summed E-state index contributed by atoms with van der Waals surface area (Å²) < 4.78 is 10.8. The molecule has 4 rings (SSSR count). The molecule has 1 heterocycles. The standard InChI is InChI=1S/C22H25N3O3/c1-27-20-12-18-19(13-21(20)28-2)24-22(14-23-18)25(15-6-4-3-5-7-15)16-8-10-17(26)11-9-16/h3-7,12-14,16-17,26H,8-11H2,1-2H3/t16-,17-. The van der Waals surface area contributed by atoms with Crippen molar-refractivity contribution in [3.05, 3.63) is 48.7 Å². The number of hydrogen-bond acceptors (Lipinski definition) is 6. The summed E-state index contributed by atoms with van der Waals surface area (Å²) in [6.07, 6.45) is 5.06. The van der Waals surface area contributed by atoms with Crippen molar-refractivity contribution in [3.63, 3.8) is 0 Å². The van der Waals surface area contributed by atoms with Crippen molar-refractivity contribution in [2.45, 2.75) is 37.8 Å². The normalized spacial score (nSPS) is 19.4. The van der Waals surface area contributed by atoms with Crippen LogP contribution in [0.2, 0.25) is 0 Å². The molecule has 1 saturated carbocycles. The minimum Gasteiger partial charge on any atom is -0.493 e. The number of fused-ring (bicyclic) bond motifs is 1. The SMILES string of the molecule is COc1cc2ncc(N(c3ccccc3)[C@H]3CC[C@H](O)CC3)nc2cc1OC. The second kappa shape index (κ2) is 8.02. The Labute approximate surface area is 164 Å². The topological polar surface area (TPSA) is 67.7 Å². The second-order valence-electron chi connectivity index (χ2n) is 7.09. The minimum atomic E-state index is -0.201. The van der Waals surface area contributed by atoms with Crippen LogP contribution in [0.1, 0.15) is 25.7 Å². The molecule has 6 heteroatoms. The molecule has 146 valence electrons. The highest BCUT2D eigenvalue weighted by molar-refractivity contribution is 5.81. The zero-order chi connectivity index (χ0) is 19.5. The quantitative estimate of drug-likeness (QED) is 0.720. The fraction of sp³-hybridized carbons (Fsp3) is 0.364. The van der Waals surface area contributed by atoms with Gasteiger partial charge in [0.25, 0.3) is 0 Å². The molecule has 1 N–H and O–H groups in total. The molecule has 6 nitrogen and oxygen atoms in total. The highest BCUT2D eigenvalue weighted by Gasteiger charge is 2.27. The van der Waals surface area contributed by atoms with Crippen LogP contribution in [0, 0.1) is 0 Å². The van der Waals surface area contributed by atoms with E-state index < -0.39 is 0 Å². The van der Waals surface area contributed by atoms with Gasteiger partial charge in [-0.15, -0.1) is 0 Å². The first-order chi connectivity index (χ1) is 13.7. The lowest BCUT2D eigenvalue weighted by Gasteiger charge is -2.36. The Balaban J connectivity index is 1.78. The summed E-state index contributed by atoms with van der Waals surface area (Å²) in [7, 11) is 3.23. The third-order valence-electron chi connectivity index (χ3n) is 5.35. The Morgan fingerprint density at radius 3 is 2.21 bits per heavy atom. The van der Waals surface area contributed by atoms with Crippen LogP contribution in [0.4, 0.5) is 11.5 Å². The fourth-order valence-corrected chi connectivity index (χ4v) is 3.88. The number of para-hydroxylation sites is 1. The van der Waals surface area contributed by atoms with Crippen molar-refractivity contribution in [1.29, 1.82) is 0 Å². The third kappa shape index (κ3) is 3.60. The summed E-state index contributed by atoms with van der Waals surface area (Å²) in [5.41, 5.74) is 2.60. The van der Waals surface area contributed by atoms with Crippen LogP contribution < -0.4 is 14.4 Å². The molecular weight excluding hydrogens is 354 g/mol. The molecule has 3 aromatic rings. The van der Waals surface area contributed by atoms with E-state index in [4.69, 9.17) is 14.5 Å². The number of aliphatic hydroxyl groups excluding tert-OH is 1. The number of benzene rings is 2. The fourth-order valence-electron chi connectivity index (χ4n) is 3.88. The number of ether oxygens (including phenoxy) is 2. The first-order valence-corrected chi connectivity index (χ1v) is 9.60. The van der Waals surface area contributed by atoms with Gasteiger partial charge in [0.15, 0.2) is 17.3 Å². The predicted octanol–water partition coefficient (Wildman–Crippen LogP) is 4.09. The Kier molecular flexibility index (Phi) is 5.30. The first kappa shape index (κ1) is 18.5. The summed E-state index contributed by atoms with van der Waals surface area (Å²) in [5.74, 6) is 2.07. The molecule has 0 aliphatic heterocycles. The molecule has 28 heavy (non-hydrogen) atoms. The van der Waals surface area contributed by atoms with Crippen LogP contribution in [0.3, 0.4) is 0 Å². The minimum absolute atomic E-state index is 0.201. The Morgan fingerprint density at radius 2 is 1.57 bits per heavy atom. The maximum atomic E-state index is 9.93. The van der Waals surface area contributed by atoms with Crippen molar-refractivity contribution in [2.24, 2.45) is 0 Å². The zero-order valence-electron chi connectivity index (χ0n) is 16.2. The van der Waals surface area contributed by atoms with Crippen LogP contribution >= 0.6 is 0 Å². The number of nitrogens with zero attached hydrogens (tertiary/aromatic N) is 3. The summed E-state index contributed by atoms with van der Waals surface area (Å²) in [4.78, 5) is 11.8. The van der Waals surface area contributed by atoms with E-state index in [-0.39, 0.29) is 12.1 Å². The molecule has 2 aromatic carbocycles. The van der Waals surface area contributed by atoms with E-state index >= 15 is 0 Å². The number of anilines is 2. The largest absolute Gasteiger partial charge is 0.493 e. The van der Waals surface area contributed by atoms with Gasteiger partial charge in [-0.3, -0.25) is 4.98 Å². The van der Waals surface area contributed by atoms with Crippen LogP contribution in [0.25, 0.3) is 11.0 Å². The molecule has 1 aliphatic rings. The van der Waals surface area contributed by atoms with E-state index in [2.05, 4.69) is 22.0 Å². The van der Waals surface area contributed by atoms with Gasteiger partial charge >= 0.3 is 0 Å². The number of aromatic nitrogens is 2. The molecule has 1 fully saturated rings. The lowest BCUT2D eigenvalue weighted by atomic mass is 9.91. The monoisotopic (exact) mass is 379 g/mol. The van der Waals surface area contributed by atoms with Gasteiger partial charge in [0.05, 0.1) is 37.6 Å². The highest BCUT2D eigenvalue weighted by Crippen LogP contribution is 2.35. The number of methoxy groups -OCH3 is 2. The lowest BCUT2D eigenvalue weighted by Crippen LogP contribution is -2.36. The maximum Gasteiger partial charge on any atom is 0.163 e. The smallest absolute Gasteiger partial charge is 0.163 e. The number of hydrogen-bond donors (Lipinski definition) is 1. The van der Waals surface area contributed by atoms with E-state index in [0.717, 1.165) is 48.2 Å². The van der Waals surface area contributed by atoms with Crippen molar-refractivity contribution in [1.82, 2.24) is 9.97 Å². The average molecular weight is 379 g/mol. The van der Waals surface area contributed by atoms with Crippen LogP contribution in [0.5, 0.6) is 11.5 Å². The van der Waals surface area contributed by atoms with Gasteiger partial charge < -0.3 is 19.5 Å². The molecule has 0 saturated heterocycles. The van der Waals surface area contributed by atoms with Gasteiger partial charge in [-0.25, -0.2) is 4.98 Å². The average Bonchev–Trinajstić information content (AvgIpc) is 2.75. The van der Waals surface area contributed by atoms with Crippen molar-refractivity contribution in [3.8, 4) is 11.5 Å². The van der Waals surface area contributed by atoms with Gasteiger partial charge in [0.1, 0.15) is 0 Å². The lowest BCUT2D eigenvalue weighted by molar-refractivity contribution is 0.123. The van der Waals surface area contributed by atoms with Crippen LogP contribution in [-0.2, 0) is 0 Å². The molecule has 0 spiro atoms. The summed E-state index contributed by atoms with van der Waals surface area (Å²) in [6.45, 7) is 0. The molecule has 0 bridgehead atoms. The molecule has 0 radical (unpaired) electrons. The first-order valence-electron chi connectivity index (χ1n) is 9.60. The molecule has 0 amide bonds. The van der Waals surface area contributed by atoms with Crippen LogP contribution in [-0.4, -0.2) is 41.4 Å². The van der Waals surface area contributed by atoms with Crippen molar-refractivity contribution in [2.75, 3.05) is 19.1 Å². The maximum absolute atomic E-state index is 9.93. The van der Waals surface area contributed by atoms with Crippen LogP contribution in [0.15, 0.2) is 48.7 Å². The third-order valence-corrected chi connectivity index (χ3v) is 5.35. The summed E-state index contributed by atoms with van der Waals surface area (Å²) >= 11 is 0. The Morgan fingerprint density at radius 1 is 0.929 bits per heavy atom. The highest BCUT2D eigenvalue weighted by atomic mass is 16.5. The zero-order valence-corrected chi connectivity index (χ0v) is 16.2.